The molecule has 0 unspecified atom stereocenters. The minimum Gasteiger partial charge on any atom is -0.394 e. The maximum absolute atomic E-state index is 11.7. The van der Waals surface area contributed by atoms with Crippen LogP contribution in [0.2, 0.25) is 0 Å². The highest BCUT2D eigenvalue weighted by Crippen LogP contribution is 2.43. The van der Waals surface area contributed by atoms with Crippen LogP contribution in [0.4, 0.5) is 0 Å². The molecule has 24 heavy (non-hydrogen) atoms. The smallest absolute Gasteiger partial charge is 0.251 e. The van der Waals surface area contributed by atoms with E-state index in [0.29, 0.717) is 19.0 Å². The lowest BCUT2D eigenvalue weighted by atomic mass is 9.79. The first-order valence-electron chi connectivity index (χ1n) is 8.65. The molecule has 2 heterocycles. The third-order valence-electron chi connectivity index (χ3n) is 5.38. The van der Waals surface area contributed by atoms with Gasteiger partial charge in [0.2, 0.25) is 0 Å². The largest absolute Gasteiger partial charge is 0.394 e. The molecule has 1 aliphatic carbocycles. The highest BCUT2D eigenvalue weighted by molar-refractivity contribution is 5.09. The van der Waals surface area contributed by atoms with Crippen molar-refractivity contribution in [2.24, 2.45) is 0 Å². The van der Waals surface area contributed by atoms with Gasteiger partial charge in [-0.25, -0.2) is 4.98 Å². The Labute approximate surface area is 142 Å². The summed E-state index contributed by atoms with van der Waals surface area (Å²) in [6.45, 7) is 3.81. The quantitative estimate of drug-likeness (QED) is 0.790. The Morgan fingerprint density at radius 3 is 3.04 bits per heavy atom. The molecule has 3 atom stereocenters. The molecule has 1 aromatic rings. The van der Waals surface area contributed by atoms with Crippen LogP contribution in [-0.2, 0) is 16.0 Å². The average molecular weight is 337 g/mol. The summed E-state index contributed by atoms with van der Waals surface area (Å²) in [5.74, 6) is 0.641. The molecule has 0 radical (unpaired) electrons. The fraction of sp³-hybridized carbons (Fsp3) is 0.765. The Hall–Kier alpha value is -1.28. The number of nitrogens with one attached hydrogen (secondary N) is 1. The molecule has 2 aliphatic rings. The van der Waals surface area contributed by atoms with Crippen molar-refractivity contribution >= 4 is 0 Å². The van der Waals surface area contributed by atoms with E-state index < -0.39 is 0 Å². The second kappa shape index (κ2) is 7.31. The first-order valence-corrected chi connectivity index (χ1v) is 8.65. The summed E-state index contributed by atoms with van der Waals surface area (Å²) in [6.07, 6.45) is 3.95. The zero-order valence-corrected chi connectivity index (χ0v) is 14.5. The Balaban J connectivity index is 1.74. The standard InChI is InChI=1S/C17H27N3O4/c1-12-18-13(9-16(22)19-12)11-20-6-5-17(23-2)4-3-14(10-15(17)20)24-8-7-21/h9,14-15,21H,3-8,10-11H2,1-2H3,(H,18,19,22)/t14-,15+,17-/m1/s1. The monoisotopic (exact) mass is 337 g/mol. The SMILES string of the molecule is CO[C@@]12CC[C@@H](OCCO)C[C@@H]1N(Cc1cc(=O)[nH]c(C)n1)CC2. The van der Waals surface area contributed by atoms with Gasteiger partial charge in [0, 0.05) is 32.3 Å². The highest BCUT2D eigenvalue weighted by atomic mass is 16.5. The molecule has 0 spiro atoms. The van der Waals surface area contributed by atoms with Crippen molar-refractivity contribution in [2.45, 2.75) is 56.9 Å². The Morgan fingerprint density at radius 2 is 2.33 bits per heavy atom. The van der Waals surface area contributed by atoms with Crippen LogP contribution in [0.1, 0.15) is 37.2 Å². The molecule has 1 aromatic heterocycles. The second-order valence-corrected chi connectivity index (χ2v) is 6.82. The van der Waals surface area contributed by atoms with Crippen molar-refractivity contribution in [1.82, 2.24) is 14.9 Å². The average Bonchev–Trinajstić information content (AvgIpc) is 2.90. The van der Waals surface area contributed by atoms with E-state index in [4.69, 9.17) is 14.6 Å². The summed E-state index contributed by atoms with van der Waals surface area (Å²) in [5.41, 5.74) is 0.555. The number of aliphatic hydroxyl groups excluding tert-OH is 1. The number of methoxy groups -OCH3 is 1. The number of ether oxygens (including phenoxy) is 2. The van der Waals surface area contributed by atoms with Gasteiger partial charge in [-0.2, -0.15) is 0 Å². The van der Waals surface area contributed by atoms with Gasteiger partial charge in [0.25, 0.3) is 5.56 Å². The van der Waals surface area contributed by atoms with Gasteiger partial charge in [0.05, 0.1) is 30.6 Å². The van der Waals surface area contributed by atoms with Gasteiger partial charge in [-0.05, 0) is 32.6 Å². The maximum Gasteiger partial charge on any atom is 0.251 e. The molecular weight excluding hydrogens is 310 g/mol. The van der Waals surface area contributed by atoms with Crippen LogP contribution in [0.15, 0.2) is 10.9 Å². The van der Waals surface area contributed by atoms with E-state index in [1.165, 1.54) is 0 Å². The van der Waals surface area contributed by atoms with E-state index in [1.54, 1.807) is 20.1 Å². The van der Waals surface area contributed by atoms with Crippen molar-refractivity contribution in [3.8, 4) is 0 Å². The molecule has 1 aliphatic heterocycles. The van der Waals surface area contributed by atoms with E-state index in [1.807, 2.05) is 0 Å². The fourth-order valence-corrected chi connectivity index (χ4v) is 4.25. The van der Waals surface area contributed by atoms with Crippen LogP contribution in [0.25, 0.3) is 0 Å². The van der Waals surface area contributed by atoms with Gasteiger partial charge in [-0.1, -0.05) is 0 Å². The summed E-state index contributed by atoms with van der Waals surface area (Å²) in [4.78, 5) is 21.2. The van der Waals surface area contributed by atoms with Crippen molar-refractivity contribution in [1.29, 1.82) is 0 Å². The predicted octanol–water partition coefficient (Wildman–Crippen LogP) is 0.599. The number of nitrogens with zero attached hydrogens (tertiary/aromatic N) is 2. The molecular formula is C17H27N3O4. The zero-order valence-electron chi connectivity index (χ0n) is 14.5. The number of rotatable bonds is 6. The topological polar surface area (TPSA) is 87.7 Å². The van der Waals surface area contributed by atoms with Gasteiger partial charge >= 0.3 is 0 Å². The Morgan fingerprint density at radius 1 is 1.50 bits per heavy atom. The van der Waals surface area contributed by atoms with Crippen molar-refractivity contribution in [2.75, 3.05) is 26.9 Å². The van der Waals surface area contributed by atoms with Crippen molar-refractivity contribution in [3.05, 3.63) is 27.9 Å². The summed E-state index contributed by atoms with van der Waals surface area (Å²) >= 11 is 0. The van der Waals surface area contributed by atoms with Gasteiger partial charge in [-0.15, -0.1) is 0 Å². The minimum atomic E-state index is -0.130. The van der Waals surface area contributed by atoms with Crippen LogP contribution in [-0.4, -0.2) is 64.6 Å². The third-order valence-corrected chi connectivity index (χ3v) is 5.38. The highest BCUT2D eigenvalue weighted by Gasteiger charge is 2.51. The third kappa shape index (κ3) is 3.54. The Bertz CT molecular complexity index is 620. The van der Waals surface area contributed by atoms with E-state index >= 15 is 0 Å². The first kappa shape index (κ1) is 17.5. The number of aryl methyl sites for hydroxylation is 1. The number of fused-ring (bicyclic) bond motifs is 1. The lowest BCUT2D eigenvalue weighted by molar-refractivity contribution is -0.104. The number of hydrogen-bond donors (Lipinski definition) is 2. The van der Waals surface area contributed by atoms with Crippen LogP contribution < -0.4 is 5.56 Å². The molecule has 3 rings (SSSR count). The van der Waals surface area contributed by atoms with E-state index in [-0.39, 0.29) is 29.9 Å². The van der Waals surface area contributed by atoms with Crippen LogP contribution in [0.3, 0.4) is 0 Å². The lowest BCUT2D eigenvalue weighted by Crippen LogP contribution is -2.51. The van der Waals surface area contributed by atoms with Crippen molar-refractivity contribution < 1.29 is 14.6 Å². The number of aromatic amines is 1. The molecule has 0 amide bonds. The molecule has 0 aromatic carbocycles. The van der Waals surface area contributed by atoms with Gasteiger partial charge < -0.3 is 19.6 Å². The number of aromatic nitrogens is 2. The molecule has 0 bridgehead atoms. The van der Waals surface area contributed by atoms with Crippen molar-refractivity contribution in [3.63, 3.8) is 0 Å². The predicted molar refractivity (Wildman–Crippen MR) is 88.8 cm³/mol. The summed E-state index contributed by atoms with van der Waals surface area (Å²) < 4.78 is 11.7. The van der Waals surface area contributed by atoms with Gasteiger partial charge in [0.1, 0.15) is 5.82 Å². The molecule has 2 fully saturated rings. The van der Waals surface area contributed by atoms with E-state index in [0.717, 1.165) is 37.9 Å². The van der Waals surface area contributed by atoms with Crippen LogP contribution >= 0.6 is 0 Å². The molecule has 2 N–H and O–H groups in total. The maximum atomic E-state index is 11.7. The minimum absolute atomic E-state index is 0.0519. The number of aliphatic hydroxyl groups is 1. The first-order chi connectivity index (χ1) is 11.6. The number of hydrogen-bond acceptors (Lipinski definition) is 6. The van der Waals surface area contributed by atoms with Crippen LogP contribution in [0, 0.1) is 6.92 Å². The van der Waals surface area contributed by atoms with E-state index in [9.17, 15) is 4.79 Å². The Kier molecular flexibility index (Phi) is 5.34. The molecule has 134 valence electrons. The summed E-state index contributed by atoms with van der Waals surface area (Å²) in [6, 6.07) is 1.82. The normalized spacial score (nSPS) is 30.5. The molecule has 7 nitrogen and oxygen atoms in total. The van der Waals surface area contributed by atoms with Crippen LogP contribution in [0.5, 0.6) is 0 Å². The molecule has 1 saturated heterocycles. The summed E-state index contributed by atoms with van der Waals surface area (Å²) in [5, 5.41) is 8.98. The second-order valence-electron chi connectivity index (χ2n) is 6.82. The summed E-state index contributed by atoms with van der Waals surface area (Å²) in [7, 11) is 1.79. The fourth-order valence-electron chi connectivity index (χ4n) is 4.25. The molecule has 7 heteroatoms. The van der Waals surface area contributed by atoms with Gasteiger partial charge in [0.15, 0.2) is 0 Å². The lowest BCUT2D eigenvalue weighted by Gasteiger charge is -2.43. The number of H-pyrrole nitrogens is 1. The molecule has 1 saturated carbocycles. The number of likely N-dealkylation sites (tertiary alicyclic amines) is 1. The van der Waals surface area contributed by atoms with Gasteiger partial charge in [-0.3, -0.25) is 9.69 Å². The zero-order chi connectivity index (χ0) is 17.2. The van der Waals surface area contributed by atoms with E-state index in [2.05, 4.69) is 14.9 Å².